The van der Waals surface area contributed by atoms with Crippen LogP contribution in [0.3, 0.4) is 0 Å². The first-order valence-corrected chi connectivity index (χ1v) is 6.68. The summed E-state index contributed by atoms with van der Waals surface area (Å²) in [5.74, 6) is 0. The first-order valence-electron chi connectivity index (χ1n) is 5.61. The molecule has 2 nitrogen and oxygen atoms in total. The summed E-state index contributed by atoms with van der Waals surface area (Å²) in [5, 5.41) is 0. The van der Waals surface area contributed by atoms with Crippen molar-refractivity contribution in [2.24, 2.45) is 0 Å². The summed E-state index contributed by atoms with van der Waals surface area (Å²) in [4.78, 5) is 11.3. The van der Waals surface area contributed by atoms with Gasteiger partial charge in [0.2, 0.25) is 0 Å². The van der Waals surface area contributed by atoms with Crippen molar-refractivity contribution < 1.29 is 4.79 Å². The third-order valence-electron chi connectivity index (χ3n) is 2.99. The maximum absolute atomic E-state index is 11.3. The maximum Gasteiger partial charge on any atom is 0.167 e. The van der Waals surface area contributed by atoms with E-state index in [0.29, 0.717) is 5.69 Å². The SMILES string of the molecule is O=Cc1c(-c2ccc(I)cc2)cc2ccccn12. The second-order valence-electron chi connectivity index (χ2n) is 4.06. The summed E-state index contributed by atoms with van der Waals surface area (Å²) in [6.45, 7) is 0. The van der Waals surface area contributed by atoms with Gasteiger partial charge >= 0.3 is 0 Å². The largest absolute Gasteiger partial charge is 0.314 e. The van der Waals surface area contributed by atoms with Crippen LogP contribution in [0.5, 0.6) is 0 Å². The Morgan fingerprint density at radius 3 is 2.56 bits per heavy atom. The summed E-state index contributed by atoms with van der Waals surface area (Å²) in [6, 6.07) is 16.1. The minimum atomic E-state index is 0.701. The van der Waals surface area contributed by atoms with E-state index in [0.717, 1.165) is 22.9 Å². The fraction of sp³-hybridized carbons (Fsp3) is 0. The van der Waals surface area contributed by atoms with Crippen molar-refractivity contribution in [3.8, 4) is 11.1 Å². The molecular formula is C15H10INO. The van der Waals surface area contributed by atoms with E-state index < -0.39 is 0 Å². The maximum atomic E-state index is 11.3. The van der Waals surface area contributed by atoms with Crippen molar-refractivity contribution in [3.63, 3.8) is 0 Å². The molecule has 1 aromatic carbocycles. The van der Waals surface area contributed by atoms with Crippen LogP contribution in [0.15, 0.2) is 54.7 Å². The van der Waals surface area contributed by atoms with Gasteiger partial charge in [0.1, 0.15) is 0 Å². The minimum absolute atomic E-state index is 0.701. The fourth-order valence-electron chi connectivity index (χ4n) is 2.13. The molecule has 88 valence electrons. The van der Waals surface area contributed by atoms with E-state index in [9.17, 15) is 4.79 Å². The molecule has 0 aliphatic rings. The normalized spacial score (nSPS) is 10.7. The Bertz CT molecular complexity index is 713. The van der Waals surface area contributed by atoms with Gasteiger partial charge in [0.25, 0.3) is 0 Å². The number of hydrogen-bond acceptors (Lipinski definition) is 1. The Morgan fingerprint density at radius 2 is 1.83 bits per heavy atom. The summed E-state index contributed by atoms with van der Waals surface area (Å²) < 4.78 is 3.10. The topological polar surface area (TPSA) is 21.5 Å². The number of aldehydes is 1. The van der Waals surface area contributed by atoms with Gasteiger partial charge < -0.3 is 4.40 Å². The molecule has 3 heteroatoms. The summed E-state index contributed by atoms with van der Waals surface area (Å²) in [6.07, 6.45) is 2.83. The average Bonchev–Trinajstić information content (AvgIpc) is 2.78. The van der Waals surface area contributed by atoms with E-state index in [4.69, 9.17) is 0 Å². The van der Waals surface area contributed by atoms with Crippen LogP contribution in [0.1, 0.15) is 10.5 Å². The number of aromatic nitrogens is 1. The number of carbonyl (C=O) groups excluding carboxylic acids is 1. The molecule has 3 rings (SSSR count). The predicted octanol–water partition coefficient (Wildman–Crippen LogP) is 4.02. The van der Waals surface area contributed by atoms with Gasteiger partial charge in [-0.15, -0.1) is 0 Å². The van der Waals surface area contributed by atoms with Crippen molar-refractivity contribution in [2.45, 2.75) is 0 Å². The smallest absolute Gasteiger partial charge is 0.167 e. The molecule has 18 heavy (non-hydrogen) atoms. The molecular weight excluding hydrogens is 337 g/mol. The Kier molecular flexibility index (Phi) is 2.91. The van der Waals surface area contributed by atoms with Crippen LogP contribution in [-0.4, -0.2) is 10.7 Å². The van der Waals surface area contributed by atoms with Crippen LogP contribution < -0.4 is 0 Å². The number of benzene rings is 1. The van der Waals surface area contributed by atoms with Crippen LogP contribution in [0, 0.1) is 3.57 Å². The first kappa shape index (κ1) is 11.5. The summed E-state index contributed by atoms with van der Waals surface area (Å²) in [7, 11) is 0. The van der Waals surface area contributed by atoms with Gasteiger partial charge in [0.15, 0.2) is 6.29 Å². The molecule has 3 aromatic rings. The predicted molar refractivity (Wildman–Crippen MR) is 80.9 cm³/mol. The van der Waals surface area contributed by atoms with Crippen molar-refractivity contribution >= 4 is 34.4 Å². The van der Waals surface area contributed by atoms with E-state index in [1.165, 1.54) is 3.57 Å². The highest BCUT2D eigenvalue weighted by atomic mass is 127. The van der Waals surface area contributed by atoms with E-state index in [1.807, 2.05) is 59.1 Å². The lowest BCUT2D eigenvalue weighted by atomic mass is 10.1. The second-order valence-corrected chi connectivity index (χ2v) is 5.31. The first-order chi connectivity index (χ1) is 8.79. The summed E-state index contributed by atoms with van der Waals surface area (Å²) in [5.41, 5.74) is 3.79. The Labute approximate surface area is 118 Å². The van der Waals surface area contributed by atoms with Gasteiger partial charge in [0, 0.05) is 20.8 Å². The van der Waals surface area contributed by atoms with Gasteiger partial charge in [-0.3, -0.25) is 4.79 Å². The van der Waals surface area contributed by atoms with Gasteiger partial charge in [-0.2, -0.15) is 0 Å². The number of carbonyl (C=O) groups is 1. The number of fused-ring (bicyclic) bond motifs is 1. The molecule has 0 bridgehead atoms. The molecule has 2 aromatic heterocycles. The molecule has 0 spiro atoms. The molecule has 0 atom stereocenters. The third-order valence-corrected chi connectivity index (χ3v) is 3.71. The number of rotatable bonds is 2. The van der Waals surface area contributed by atoms with Gasteiger partial charge in [0.05, 0.1) is 5.69 Å². The quantitative estimate of drug-likeness (QED) is 0.507. The van der Waals surface area contributed by atoms with Crippen LogP contribution in [0.25, 0.3) is 16.6 Å². The van der Waals surface area contributed by atoms with Crippen molar-refractivity contribution in [1.82, 2.24) is 4.40 Å². The zero-order chi connectivity index (χ0) is 12.5. The Hall–Kier alpha value is -1.62. The number of halogens is 1. The van der Waals surface area contributed by atoms with Gasteiger partial charge in [-0.1, -0.05) is 18.2 Å². The van der Waals surface area contributed by atoms with E-state index in [-0.39, 0.29) is 0 Å². The van der Waals surface area contributed by atoms with E-state index in [1.54, 1.807) is 0 Å². The van der Waals surface area contributed by atoms with Gasteiger partial charge in [-0.25, -0.2) is 0 Å². The third kappa shape index (κ3) is 1.84. The zero-order valence-electron chi connectivity index (χ0n) is 9.51. The molecule has 0 unspecified atom stereocenters. The van der Waals surface area contributed by atoms with Gasteiger partial charge in [-0.05, 0) is 58.5 Å². The molecule has 0 fully saturated rings. The fourth-order valence-corrected chi connectivity index (χ4v) is 2.49. The average molecular weight is 347 g/mol. The second kappa shape index (κ2) is 4.57. The summed E-state index contributed by atoms with van der Waals surface area (Å²) >= 11 is 2.27. The van der Waals surface area contributed by atoms with Crippen LogP contribution >= 0.6 is 22.6 Å². The molecule has 0 radical (unpaired) electrons. The van der Waals surface area contributed by atoms with Crippen LogP contribution in [0.2, 0.25) is 0 Å². The highest BCUT2D eigenvalue weighted by Gasteiger charge is 2.10. The standard InChI is InChI=1S/C15H10INO/c16-12-6-4-11(5-7-12)14-9-13-3-1-2-8-17(13)15(14)10-18/h1-10H. The number of hydrogen-bond donors (Lipinski definition) is 0. The lowest BCUT2D eigenvalue weighted by Crippen LogP contribution is -1.91. The molecule has 2 heterocycles. The van der Waals surface area contributed by atoms with Crippen molar-refractivity contribution in [2.75, 3.05) is 0 Å². The molecule has 0 saturated heterocycles. The molecule has 0 saturated carbocycles. The molecule has 0 aliphatic carbocycles. The van der Waals surface area contributed by atoms with Crippen molar-refractivity contribution in [3.05, 3.63) is 64.0 Å². The number of nitrogens with zero attached hydrogens (tertiary/aromatic N) is 1. The molecule has 0 N–H and O–H groups in total. The molecule has 0 aliphatic heterocycles. The highest BCUT2D eigenvalue weighted by molar-refractivity contribution is 14.1. The highest BCUT2D eigenvalue weighted by Crippen LogP contribution is 2.27. The number of pyridine rings is 1. The van der Waals surface area contributed by atoms with E-state index >= 15 is 0 Å². The monoisotopic (exact) mass is 347 g/mol. The molecule has 0 amide bonds. The Balaban J connectivity index is 2.28. The van der Waals surface area contributed by atoms with E-state index in [2.05, 4.69) is 22.6 Å². The lowest BCUT2D eigenvalue weighted by Gasteiger charge is -2.00. The minimum Gasteiger partial charge on any atom is -0.314 e. The Morgan fingerprint density at radius 1 is 1.06 bits per heavy atom. The van der Waals surface area contributed by atoms with Crippen molar-refractivity contribution in [1.29, 1.82) is 0 Å². The van der Waals surface area contributed by atoms with Crippen LogP contribution in [-0.2, 0) is 0 Å². The van der Waals surface area contributed by atoms with Crippen LogP contribution in [0.4, 0.5) is 0 Å². The zero-order valence-corrected chi connectivity index (χ0v) is 11.7. The lowest BCUT2D eigenvalue weighted by molar-refractivity contribution is 0.111.